The lowest BCUT2D eigenvalue weighted by atomic mass is 9.94. The number of nitrogens with zero attached hydrogens (tertiary/aromatic N) is 1. The van der Waals surface area contributed by atoms with Gasteiger partial charge in [-0.05, 0) is 81.4 Å². The highest BCUT2D eigenvalue weighted by Crippen LogP contribution is 2.46. The minimum Gasteiger partial charge on any atom is -0.310 e. The smallest absolute Gasteiger partial charge is 0.0554 e. The van der Waals surface area contributed by atoms with Crippen molar-refractivity contribution in [2.45, 2.75) is 0 Å². The Bertz CT molecular complexity index is 2550. The van der Waals surface area contributed by atoms with Crippen molar-refractivity contribution < 1.29 is 0 Å². The van der Waals surface area contributed by atoms with Crippen LogP contribution in [0, 0.1) is 0 Å². The zero-order chi connectivity index (χ0) is 33.3. The molecule has 0 atom stereocenters. The summed E-state index contributed by atoms with van der Waals surface area (Å²) in [5.74, 6) is 0. The average molecular weight is 656 g/mol. The van der Waals surface area contributed by atoms with Crippen LogP contribution in [0.25, 0.3) is 64.7 Å². The van der Waals surface area contributed by atoms with Gasteiger partial charge in [0.05, 0.1) is 5.69 Å². The Morgan fingerprint density at radius 3 is 1.34 bits per heavy atom. The molecular formula is C48H33NS. The SMILES string of the molecule is c1ccc(-c2ccc(N(c3ccc(-c4ccccc4-c4ccccc4)cc3)c3cc4sc5ccccc5c4cc3-c3ccccc3)cc2)cc1. The zero-order valence-electron chi connectivity index (χ0n) is 27.4. The molecule has 50 heavy (non-hydrogen) atoms. The summed E-state index contributed by atoms with van der Waals surface area (Å²) in [6, 6.07) is 72.3. The first kappa shape index (κ1) is 29.9. The lowest BCUT2D eigenvalue weighted by Crippen LogP contribution is -2.11. The molecule has 0 amide bonds. The lowest BCUT2D eigenvalue weighted by Gasteiger charge is -2.28. The van der Waals surface area contributed by atoms with Crippen molar-refractivity contribution in [3.8, 4) is 44.5 Å². The van der Waals surface area contributed by atoms with Gasteiger partial charge in [0.1, 0.15) is 0 Å². The number of rotatable bonds is 7. The molecule has 1 aromatic heterocycles. The highest BCUT2D eigenvalue weighted by molar-refractivity contribution is 7.25. The maximum absolute atomic E-state index is 2.42. The molecule has 0 N–H and O–H groups in total. The van der Waals surface area contributed by atoms with E-state index in [1.165, 1.54) is 64.7 Å². The predicted molar refractivity (Wildman–Crippen MR) is 216 cm³/mol. The Balaban J connectivity index is 1.23. The number of benzene rings is 8. The second-order valence-electron chi connectivity index (χ2n) is 12.5. The van der Waals surface area contributed by atoms with Gasteiger partial charge >= 0.3 is 0 Å². The largest absolute Gasteiger partial charge is 0.310 e. The van der Waals surface area contributed by atoms with Crippen molar-refractivity contribution >= 4 is 48.6 Å². The van der Waals surface area contributed by atoms with E-state index in [1.54, 1.807) is 0 Å². The van der Waals surface area contributed by atoms with Gasteiger partial charge in [0, 0.05) is 37.1 Å². The van der Waals surface area contributed by atoms with Gasteiger partial charge in [0.2, 0.25) is 0 Å². The number of hydrogen-bond acceptors (Lipinski definition) is 2. The summed E-state index contributed by atoms with van der Waals surface area (Å²) in [7, 11) is 0. The third-order valence-corrected chi connectivity index (χ3v) is 10.6. The van der Waals surface area contributed by atoms with Crippen LogP contribution in [-0.4, -0.2) is 0 Å². The van der Waals surface area contributed by atoms with Gasteiger partial charge in [-0.25, -0.2) is 0 Å². The molecule has 0 aliphatic carbocycles. The summed E-state index contributed by atoms with van der Waals surface area (Å²) in [6.07, 6.45) is 0. The quantitative estimate of drug-likeness (QED) is 0.165. The number of anilines is 3. The van der Waals surface area contributed by atoms with Crippen molar-refractivity contribution in [2.75, 3.05) is 4.90 Å². The van der Waals surface area contributed by atoms with E-state index in [4.69, 9.17) is 0 Å². The van der Waals surface area contributed by atoms with Crippen LogP contribution in [-0.2, 0) is 0 Å². The minimum atomic E-state index is 1.11. The Kier molecular flexibility index (Phi) is 7.77. The van der Waals surface area contributed by atoms with Gasteiger partial charge in [0.15, 0.2) is 0 Å². The maximum Gasteiger partial charge on any atom is 0.0554 e. The summed E-state index contributed by atoms with van der Waals surface area (Å²) in [4.78, 5) is 2.42. The molecule has 0 radical (unpaired) electrons. The summed E-state index contributed by atoms with van der Waals surface area (Å²) in [5.41, 5.74) is 13.0. The van der Waals surface area contributed by atoms with Gasteiger partial charge in [-0.1, -0.05) is 158 Å². The van der Waals surface area contributed by atoms with E-state index in [-0.39, 0.29) is 0 Å². The average Bonchev–Trinajstić information content (AvgIpc) is 3.57. The second-order valence-corrected chi connectivity index (χ2v) is 13.6. The molecule has 0 bridgehead atoms. The van der Waals surface area contributed by atoms with Gasteiger partial charge in [-0.3, -0.25) is 0 Å². The van der Waals surface area contributed by atoms with Gasteiger partial charge in [-0.2, -0.15) is 0 Å². The van der Waals surface area contributed by atoms with Crippen molar-refractivity contribution in [2.24, 2.45) is 0 Å². The Morgan fingerprint density at radius 2 is 0.740 bits per heavy atom. The normalized spacial score (nSPS) is 11.2. The molecule has 9 aromatic rings. The van der Waals surface area contributed by atoms with Crippen molar-refractivity contribution in [3.63, 3.8) is 0 Å². The number of thiophene rings is 1. The molecule has 0 aliphatic heterocycles. The van der Waals surface area contributed by atoms with Crippen LogP contribution < -0.4 is 4.90 Å². The fourth-order valence-electron chi connectivity index (χ4n) is 7.05. The fraction of sp³-hybridized carbons (Fsp3) is 0. The van der Waals surface area contributed by atoms with Crippen LogP contribution >= 0.6 is 11.3 Å². The lowest BCUT2D eigenvalue weighted by molar-refractivity contribution is 1.29. The summed E-state index contributed by atoms with van der Waals surface area (Å²) >= 11 is 1.86. The standard InChI is InChI=1S/C48H33NS/c1-4-14-34(15-5-1)35-24-28-39(29-25-35)49(40-30-26-38(27-31-40)42-21-11-10-20-41(42)36-16-6-2-7-17-36)46-33-48-45(43-22-12-13-23-47(43)50-48)32-44(46)37-18-8-3-9-19-37/h1-33H. The van der Waals surface area contributed by atoms with Crippen LogP contribution in [0.5, 0.6) is 0 Å². The molecule has 1 nitrogen and oxygen atoms in total. The highest BCUT2D eigenvalue weighted by atomic mass is 32.1. The van der Waals surface area contributed by atoms with Crippen LogP contribution in [0.3, 0.4) is 0 Å². The Labute approximate surface area is 297 Å². The minimum absolute atomic E-state index is 1.11. The van der Waals surface area contributed by atoms with Crippen LogP contribution in [0.15, 0.2) is 200 Å². The van der Waals surface area contributed by atoms with Gasteiger partial charge in [0.25, 0.3) is 0 Å². The zero-order valence-corrected chi connectivity index (χ0v) is 28.2. The van der Waals surface area contributed by atoms with Crippen molar-refractivity contribution in [1.29, 1.82) is 0 Å². The highest BCUT2D eigenvalue weighted by Gasteiger charge is 2.20. The van der Waals surface area contributed by atoms with Gasteiger partial charge in [-0.15, -0.1) is 11.3 Å². The second kappa shape index (κ2) is 13.0. The summed E-state index contributed by atoms with van der Waals surface area (Å²) < 4.78 is 2.58. The van der Waals surface area contributed by atoms with E-state index in [0.717, 1.165) is 17.1 Å². The third kappa shape index (κ3) is 5.56. The monoisotopic (exact) mass is 655 g/mol. The molecule has 8 aromatic carbocycles. The first-order valence-corrected chi connectivity index (χ1v) is 17.8. The number of hydrogen-bond donors (Lipinski definition) is 0. The van der Waals surface area contributed by atoms with Crippen molar-refractivity contribution in [1.82, 2.24) is 0 Å². The molecule has 1 heterocycles. The molecular weight excluding hydrogens is 623 g/mol. The summed E-state index contributed by atoms with van der Waals surface area (Å²) in [6.45, 7) is 0. The maximum atomic E-state index is 2.42. The molecule has 236 valence electrons. The molecule has 0 spiro atoms. The first-order valence-electron chi connectivity index (χ1n) is 17.0. The Morgan fingerprint density at radius 1 is 0.300 bits per heavy atom. The van der Waals surface area contributed by atoms with E-state index in [9.17, 15) is 0 Å². The van der Waals surface area contributed by atoms with Crippen LogP contribution in [0.2, 0.25) is 0 Å². The molecule has 2 heteroatoms. The molecule has 0 saturated carbocycles. The van der Waals surface area contributed by atoms with Crippen LogP contribution in [0.4, 0.5) is 17.1 Å². The molecule has 0 saturated heterocycles. The molecule has 0 fully saturated rings. The molecule has 0 unspecified atom stereocenters. The summed E-state index contributed by atoms with van der Waals surface area (Å²) in [5, 5.41) is 2.59. The van der Waals surface area contributed by atoms with E-state index in [2.05, 4.69) is 205 Å². The topological polar surface area (TPSA) is 3.24 Å². The molecule has 9 rings (SSSR count). The van der Waals surface area contributed by atoms with Crippen molar-refractivity contribution in [3.05, 3.63) is 200 Å². The predicted octanol–water partition coefficient (Wildman–Crippen LogP) is 14.2. The molecule has 0 aliphatic rings. The van der Waals surface area contributed by atoms with E-state index in [1.807, 2.05) is 11.3 Å². The van der Waals surface area contributed by atoms with E-state index < -0.39 is 0 Å². The van der Waals surface area contributed by atoms with Gasteiger partial charge < -0.3 is 4.90 Å². The number of fused-ring (bicyclic) bond motifs is 3. The van der Waals surface area contributed by atoms with E-state index >= 15 is 0 Å². The fourth-order valence-corrected chi connectivity index (χ4v) is 8.17. The van der Waals surface area contributed by atoms with Crippen LogP contribution in [0.1, 0.15) is 0 Å². The Hall–Kier alpha value is -6.22. The third-order valence-electron chi connectivity index (χ3n) is 9.50. The first-order chi connectivity index (χ1) is 24.8. The van der Waals surface area contributed by atoms with E-state index in [0.29, 0.717) is 0 Å².